The van der Waals surface area contributed by atoms with Gasteiger partial charge in [0.2, 0.25) is 15.9 Å². The molecule has 0 atom stereocenters. The van der Waals surface area contributed by atoms with Gasteiger partial charge in [-0.25, -0.2) is 8.42 Å². The summed E-state index contributed by atoms with van der Waals surface area (Å²) in [4.78, 5) is 28.7. The number of carbonyl (C=O) groups excluding carboxylic acids is 2. The highest BCUT2D eigenvalue weighted by atomic mass is 32.2. The zero-order valence-electron chi connectivity index (χ0n) is 19.5. The minimum Gasteiger partial charge on any atom is -0.455 e. The molecule has 2 aliphatic rings. The predicted molar refractivity (Wildman–Crippen MR) is 127 cm³/mol. The van der Waals surface area contributed by atoms with Crippen LogP contribution in [0.25, 0.3) is 0 Å². The van der Waals surface area contributed by atoms with Crippen molar-refractivity contribution in [1.29, 1.82) is 0 Å². The van der Waals surface area contributed by atoms with Crippen molar-refractivity contribution >= 4 is 33.2 Å². The third-order valence-electron chi connectivity index (χ3n) is 6.02. The second kappa shape index (κ2) is 10.2. The van der Waals surface area contributed by atoms with Crippen molar-refractivity contribution in [3.05, 3.63) is 41.9 Å². The Kier molecular flexibility index (Phi) is 7.24. The van der Waals surface area contributed by atoms with E-state index in [0.29, 0.717) is 32.0 Å². The summed E-state index contributed by atoms with van der Waals surface area (Å²) in [6, 6.07) is 8.75. The molecule has 2 amide bonds. The van der Waals surface area contributed by atoms with Crippen molar-refractivity contribution in [2.24, 2.45) is 0 Å². The summed E-state index contributed by atoms with van der Waals surface area (Å²) in [5.74, 6) is -0.888. The Morgan fingerprint density at radius 3 is 2.35 bits per heavy atom. The van der Waals surface area contributed by atoms with E-state index < -0.39 is 15.9 Å². The minimum atomic E-state index is -3.70. The van der Waals surface area contributed by atoms with Gasteiger partial charge in [0.1, 0.15) is 10.7 Å². The predicted octanol–water partition coefficient (Wildman–Crippen LogP) is 1.92. The van der Waals surface area contributed by atoms with E-state index in [4.69, 9.17) is 9.15 Å². The van der Waals surface area contributed by atoms with Crippen LogP contribution in [0.2, 0.25) is 0 Å². The molecule has 2 fully saturated rings. The largest absolute Gasteiger partial charge is 0.455 e. The topological polar surface area (TPSA) is 112 Å². The molecule has 0 spiro atoms. The van der Waals surface area contributed by atoms with E-state index in [1.807, 2.05) is 24.3 Å². The van der Waals surface area contributed by atoms with E-state index >= 15 is 0 Å². The molecule has 1 N–H and O–H groups in total. The molecule has 0 aliphatic carbocycles. The van der Waals surface area contributed by atoms with Crippen molar-refractivity contribution in [2.75, 3.05) is 63.2 Å². The van der Waals surface area contributed by atoms with Crippen LogP contribution in [0.1, 0.15) is 29.2 Å². The number of amides is 2. The van der Waals surface area contributed by atoms with Crippen LogP contribution >= 0.6 is 0 Å². The first-order valence-corrected chi connectivity index (χ1v) is 12.8. The molecule has 0 bridgehead atoms. The quantitative estimate of drug-likeness (QED) is 0.631. The summed E-state index contributed by atoms with van der Waals surface area (Å²) >= 11 is 0. The Morgan fingerprint density at radius 1 is 1.06 bits per heavy atom. The number of benzene rings is 1. The lowest BCUT2D eigenvalue weighted by Crippen LogP contribution is -2.36. The fourth-order valence-electron chi connectivity index (χ4n) is 4.15. The molecule has 2 aliphatic heterocycles. The maximum atomic E-state index is 12.8. The zero-order valence-corrected chi connectivity index (χ0v) is 20.3. The van der Waals surface area contributed by atoms with E-state index in [1.165, 1.54) is 29.2 Å². The Bertz CT molecular complexity index is 1130. The fourth-order valence-corrected chi connectivity index (χ4v) is 5.83. The van der Waals surface area contributed by atoms with Gasteiger partial charge >= 0.3 is 0 Å². The summed E-state index contributed by atoms with van der Waals surface area (Å²) < 4.78 is 37.9. The number of furan rings is 1. The highest BCUT2D eigenvalue weighted by molar-refractivity contribution is 7.89. The number of carbonyl (C=O) groups is 2. The third-order valence-corrected chi connectivity index (χ3v) is 8.03. The number of ether oxygens (including phenoxy) is 1. The maximum absolute atomic E-state index is 12.8. The summed E-state index contributed by atoms with van der Waals surface area (Å²) in [5, 5.41) is 2.78. The van der Waals surface area contributed by atoms with Gasteiger partial charge in [0, 0.05) is 50.7 Å². The Hall–Kier alpha value is -2.89. The van der Waals surface area contributed by atoms with Crippen LogP contribution in [0.4, 0.5) is 11.4 Å². The first kappa shape index (κ1) is 24.2. The first-order chi connectivity index (χ1) is 16.3. The highest BCUT2D eigenvalue weighted by Crippen LogP contribution is 2.27. The molecule has 11 heteroatoms. The van der Waals surface area contributed by atoms with Crippen LogP contribution in [-0.2, 0) is 19.6 Å². The molecule has 0 unspecified atom stereocenters. The summed E-state index contributed by atoms with van der Waals surface area (Å²) in [5.41, 5.74) is 1.68. The fraction of sp³-hybridized carbons (Fsp3) is 0.478. The van der Waals surface area contributed by atoms with Gasteiger partial charge in [-0.05, 0) is 44.0 Å². The molecule has 3 heterocycles. The standard InChI is InChI=1S/C23H30N4O6S/c1-17-21(34(30,31)27-9-3-4-10-27)15-20(33-17)23(29)25(2)16-22(28)24-18-5-7-19(8-6-18)26-11-13-32-14-12-26/h5-8,15H,3-4,9-14,16H2,1-2H3,(H,24,28). The normalized spacial score (nSPS) is 17.1. The molecule has 184 valence electrons. The van der Waals surface area contributed by atoms with Gasteiger partial charge in [-0.3, -0.25) is 9.59 Å². The summed E-state index contributed by atoms with van der Waals surface area (Å²) in [6.07, 6.45) is 1.63. The molecule has 0 radical (unpaired) electrons. The van der Waals surface area contributed by atoms with Gasteiger partial charge in [-0.2, -0.15) is 4.31 Å². The van der Waals surface area contributed by atoms with E-state index in [2.05, 4.69) is 10.2 Å². The molecule has 1 aromatic heterocycles. The average molecular weight is 491 g/mol. The van der Waals surface area contributed by atoms with Gasteiger partial charge in [0.05, 0.1) is 19.8 Å². The van der Waals surface area contributed by atoms with Crippen molar-refractivity contribution in [3.8, 4) is 0 Å². The van der Waals surface area contributed by atoms with Gasteiger partial charge in [-0.15, -0.1) is 0 Å². The van der Waals surface area contributed by atoms with Crippen molar-refractivity contribution in [3.63, 3.8) is 0 Å². The second-order valence-corrected chi connectivity index (χ2v) is 10.4. The molecule has 0 saturated carbocycles. The van der Waals surface area contributed by atoms with E-state index in [1.54, 1.807) is 0 Å². The van der Waals surface area contributed by atoms with E-state index in [-0.39, 0.29) is 28.9 Å². The maximum Gasteiger partial charge on any atom is 0.289 e. The number of nitrogens with one attached hydrogen (secondary N) is 1. The molecule has 2 saturated heterocycles. The van der Waals surface area contributed by atoms with Crippen molar-refractivity contribution < 1.29 is 27.2 Å². The molecular formula is C23H30N4O6S. The van der Waals surface area contributed by atoms with Gasteiger partial charge in [0.15, 0.2) is 5.76 Å². The number of rotatable bonds is 7. The van der Waals surface area contributed by atoms with Crippen LogP contribution in [0, 0.1) is 6.92 Å². The number of sulfonamides is 1. The Balaban J connectivity index is 1.35. The number of likely N-dealkylation sites (N-methyl/N-ethyl adjacent to an activating group) is 1. The average Bonchev–Trinajstić information content (AvgIpc) is 3.50. The van der Waals surface area contributed by atoms with Gasteiger partial charge in [-0.1, -0.05) is 0 Å². The second-order valence-electron chi connectivity index (χ2n) is 8.50. The van der Waals surface area contributed by atoms with Crippen LogP contribution in [-0.4, -0.2) is 82.4 Å². The molecular weight excluding hydrogens is 460 g/mol. The lowest BCUT2D eigenvalue weighted by molar-refractivity contribution is -0.116. The Morgan fingerprint density at radius 2 is 1.71 bits per heavy atom. The first-order valence-electron chi connectivity index (χ1n) is 11.3. The summed E-state index contributed by atoms with van der Waals surface area (Å²) in [7, 11) is -2.24. The van der Waals surface area contributed by atoms with Crippen LogP contribution in [0.15, 0.2) is 39.6 Å². The van der Waals surface area contributed by atoms with E-state index in [9.17, 15) is 18.0 Å². The van der Waals surface area contributed by atoms with Crippen molar-refractivity contribution in [1.82, 2.24) is 9.21 Å². The Labute approximate surface area is 199 Å². The number of nitrogens with zero attached hydrogens (tertiary/aromatic N) is 3. The number of anilines is 2. The third kappa shape index (κ3) is 5.26. The number of hydrogen-bond donors (Lipinski definition) is 1. The highest BCUT2D eigenvalue weighted by Gasteiger charge is 2.32. The van der Waals surface area contributed by atoms with Gasteiger partial charge in [0.25, 0.3) is 5.91 Å². The minimum absolute atomic E-state index is 0.00374. The van der Waals surface area contributed by atoms with Crippen LogP contribution < -0.4 is 10.2 Å². The smallest absolute Gasteiger partial charge is 0.289 e. The molecule has 4 rings (SSSR count). The molecule has 34 heavy (non-hydrogen) atoms. The van der Waals surface area contributed by atoms with Gasteiger partial charge < -0.3 is 24.3 Å². The summed E-state index contributed by atoms with van der Waals surface area (Å²) in [6.45, 7) is 5.27. The van der Waals surface area contributed by atoms with Crippen LogP contribution in [0.3, 0.4) is 0 Å². The molecule has 1 aromatic carbocycles. The van der Waals surface area contributed by atoms with Crippen LogP contribution in [0.5, 0.6) is 0 Å². The van der Waals surface area contributed by atoms with Crippen molar-refractivity contribution in [2.45, 2.75) is 24.7 Å². The monoisotopic (exact) mass is 490 g/mol. The number of morpholine rings is 1. The lowest BCUT2D eigenvalue weighted by atomic mass is 10.2. The molecule has 10 nitrogen and oxygen atoms in total. The zero-order chi connectivity index (χ0) is 24.3. The van der Waals surface area contributed by atoms with E-state index in [0.717, 1.165) is 31.6 Å². The SMILES string of the molecule is Cc1oc(C(=O)N(C)CC(=O)Nc2ccc(N3CCOCC3)cc2)cc1S(=O)(=O)N1CCCC1. The molecule has 2 aromatic rings. The number of hydrogen-bond acceptors (Lipinski definition) is 7. The lowest BCUT2D eigenvalue weighted by Gasteiger charge is -2.28. The number of aryl methyl sites for hydroxylation is 1.